The lowest BCUT2D eigenvalue weighted by Gasteiger charge is -2.14. The standard InChI is InChI=1S/C16H28N4S/c1-2-17-16(19-10-8-15-7-5-14-21-15)18-9-6-13-20-11-3-4-12-20/h5,7,14H,2-4,6,8-13H2,1H3,(H2,17,18,19). The first-order chi connectivity index (χ1) is 10.4. The molecule has 1 aliphatic rings. The summed E-state index contributed by atoms with van der Waals surface area (Å²) in [7, 11) is 0. The summed E-state index contributed by atoms with van der Waals surface area (Å²) >= 11 is 1.82. The molecule has 2 heterocycles. The zero-order valence-corrected chi connectivity index (χ0v) is 13.9. The van der Waals surface area contributed by atoms with Crippen molar-refractivity contribution in [3.05, 3.63) is 22.4 Å². The fraction of sp³-hybridized carbons (Fsp3) is 0.688. The van der Waals surface area contributed by atoms with E-state index in [4.69, 9.17) is 0 Å². The van der Waals surface area contributed by atoms with Crippen LogP contribution in [0.5, 0.6) is 0 Å². The zero-order chi connectivity index (χ0) is 14.8. The molecule has 0 bridgehead atoms. The maximum Gasteiger partial charge on any atom is 0.191 e. The van der Waals surface area contributed by atoms with Gasteiger partial charge in [0.05, 0.1) is 0 Å². The fourth-order valence-corrected chi connectivity index (χ4v) is 3.30. The number of thiophene rings is 1. The van der Waals surface area contributed by atoms with Gasteiger partial charge in [0.25, 0.3) is 0 Å². The van der Waals surface area contributed by atoms with Crippen molar-refractivity contribution in [1.29, 1.82) is 0 Å². The van der Waals surface area contributed by atoms with Gasteiger partial charge in [-0.3, -0.25) is 4.99 Å². The number of hydrogen-bond donors (Lipinski definition) is 2. The maximum atomic E-state index is 4.66. The average molecular weight is 308 g/mol. The molecule has 2 N–H and O–H groups in total. The van der Waals surface area contributed by atoms with Crippen LogP contribution in [0.3, 0.4) is 0 Å². The van der Waals surface area contributed by atoms with Gasteiger partial charge in [-0.15, -0.1) is 11.3 Å². The SMILES string of the molecule is CCNC(=NCCCN1CCCC1)NCCc1cccs1. The third-order valence-corrected chi connectivity index (χ3v) is 4.63. The Labute approximate surface area is 132 Å². The van der Waals surface area contributed by atoms with Crippen LogP contribution in [0.1, 0.15) is 31.1 Å². The van der Waals surface area contributed by atoms with Crippen LogP contribution in [-0.2, 0) is 6.42 Å². The summed E-state index contributed by atoms with van der Waals surface area (Å²) in [5.74, 6) is 0.954. The molecule has 0 amide bonds. The van der Waals surface area contributed by atoms with E-state index in [1.807, 2.05) is 11.3 Å². The van der Waals surface area contributed by atoms with Crippen molar-refractivity contribution in [2.24, 2.45) is 4.99 Å². The first-order valence-corrected chi connectivity index (χ1v) is 9.03. The van der Waals surface area contributed by atoms with Crippen molar-refractivity contribution in [1.82, 2.24) is 15.5 Å². The van der Waals surface area contributed by atoms with Gasteiger partial charge in [-0.05, 0) is 63.7 Å². The number of rotatable bonds is 8. The topological polar surface area (TPSA) is 39.7 Å². The minimum Gasteiger partial charge on any atom is -0.357 e. The summed E-state index contributed by atoms with van der Waals surface area (Å²) in [6, 6.07) is 4.30. The highest BCUT2D eigenvalue weighted by atomic mass is 32.1. The molecule has 1 aromatic rings. The second-order valence-corrected chi connectivity index (χ2v) is 6.45. The van der Waals surface area contributed by atoms with E-state index >= 15 is 0 Å². The number of nitrogens with one attached hydrogen (secondary N) is 2. The molecule has 0 atom stereocenters. The Balaban J connectivity index is 1.63. The lowest BCUT2D eigenvalue weighted by Crippen LogP contribution is -2.38. The quantitative estimate of drug-likeness (QED) is 0.440. The van der Waals surface area contributed by atoms with Crippen molar-refractivity contribution in [3.63, 3.8) is 0 Å². The van der Waals surface area contributed by atoms with Crippen LogP contribution in [0, 0.1) is 0 Å². The second kappa shape index (κ2) is 9.79. The molecule has 0 spiro atoms. The third kappa shape index (κ3) is 6.48. The van der Waals surface area contributed by atoms with Crippen molar-refractivity contribution in [3.8, 4) is 0 Å². The van der Waals surface area contributed by atoms with E-state index in [2.05, 4.69) is 45.0 Å². The molecular weight excluding hydrogens is 280 g/mol. The highest BCUT2D eigenvalue weighted by Crippen LogP contribution is 2.08. The van der Waals surface area contributed by atoms with Gasteiger partial charge in [0.2, 0.25) is 0 Å². The van der Waals surface area contributed by atoms with Crippen molar-refractivity contribution >= 4 is 17.3 Å². The molecule has 0 saturated carbocycles. The first-order valence-electron chi connectivity index (χ1n) is 8.15. The van der Waals surface area contributed by atoms with E-state index in [1.165, 1.54) is 37.4 Å². The van der Waals surface area contributed by atoms with Gasteiger partial charge in [-0.25, -0.2) is 0 Å². The smallest absolute Gasteiger partial charge is 0.191 e. The molecule has 0 radical (unpaired) electrons. The van der Waals surface area contributed by atoms with Crippen LogP contribution in [-0.4, -0.2) is 50.1 Å². The average Bonchev–Trinajstić information content (AvgIpc) is 3.17. The Morgan fingerprint density at radius 2 is 2.19 bits per heavy atom. The van der Waals surface area contributed by atoms with Gasteiger partial charge >= 0.3 is 0 Å². The predicted molar refractivity (Wildman–Crippen MR) is 92.3 cm³/mol. The Kier molecular flexibility index (Phi) is 7.60. The van der Waals surface area contributed by atoms with E-state index in [9.17, 15) is 0 Å². The van der Waals surface area contributed by atoms with Crippen molar-refractivity contribution in [2.45, 2.75) is 32.6 Å². The van der Waals surface area contributed by atoms with E-state index in [1.54, 1.807) is 0 Å². The molecule has 1 aliphatic heterocycles. The summed E-state index contributed by atoms with van der Waals surface area (Å²) in [6.45, 7) is 8.63. The minimum atomic E-state index is 0.908. The fourth-order valence-electron chi connectivity index (χ4n) is 2.59. The van der Waals surface area contributed by atoms with Crippen molar-refractivity contribution < 1.29 is 0 Å². The Morgan fingerprint density at radius 3 is 2.90 bits per heavy atom. The molecule has 0 aromatic carbocycles. The maximum absolute atomic E-state index is 4.66. The zero-order valence-electron chi connectivity index (χ0n) is 13.1. The van der Waals surface area contributed by atoms with Crippen LogP contribution in [0.2, 0.25) is 0 Å². The molecule has 21 heavy (non-hydrogen) atoms. The summed E-state index contributed by atoms with van der Waals surface area (Å²) in [5.41, 5.74) is 0. The monoisotopic (exact) mass is 308 g/mol. The third-order valence-electron chi connectivity index (χ3n) is 3.69. The molecule has 5 heteroatoms. The van der Waals surface area contributed by atoms with Crippen LogP contribution < -0.4 is 10.6 Å². The Bertz CT molecular complexity index is 396. The molecule has 0 aliphatic carbocycles. The van der Waals surface area contributed by atoms with Crippen LogP contribution in [0.25, 0.3) is 0 Å². The van der Waals surface area contributed by atoms with Crippen LogP contribution in [0.4, 0.5) is 0 Å². The normalized spacial score (nSPS) is 16.3. The summed E-state index contributed by atoms with van der Waals surface area (Å²) in [5, 5.41) is 8.87. The molecule has 0 unspecified atom stereocenters. The Morgan fingerprint density at radius 1 is 1.33 bits per heavy atom. The lowest BCUT2D eigenvalue weighted by molar-refractivity contribution is 0.336. The Hall–Kier alpha value is -1.07. The van der Waals surface area contributed by atoms with Gasteiger partial charge in [0.15, 0.2) is 5.96 Å². The van der Waals surface area contributed by atoms with Gasteiger partial charge in [-0.1, -0.05) is 6.07 Å². The predicted octanol–water partition coefficient (Wildman–Crippen LogP) is 2.33. The molecule has 118 valence electrons. The van der Waals surface area contributed by atoms with Gasteiger partial charge < -0.3 is 15.5 Å². The second-order valence-electron chi connectivity index (χ2n) is 5.42. The number of hydrogen-bond acceptors (Lipinski definition) is 3. The van der Waals surface area contributed by atoms with E-state index in [-0.39, 0.29) is 0 Å². The number of nitrogens with zero attached hydrogens (tertiary/aromatic N) is 2. The van der Waals surface area contributed by atoms with Gasteiger partial charge in [0, 0.05) is 24.5 Å². The summed E-state index contributed by atoms with van der Waals surface area (Å²) in [4.78, 5) is 8.64. The van der Waals surface area contributed by atoms with Crippen molar-refractivity contribution in [2.75, 3.05) is 39.3 Å². The molecule has 1 aromatic heterocycles. The van der Waals surface area contributed by atoms with Crippen LogP contribution in [0.15, 0.2) is 22.5 Å². The molecule has 1 saturated heterocycles. The highest BCUT2D eigenvalue weighted by molar-refractivity contribution is 7.09. The molecule has 2 rings (SSSR count). The van der Waals surface area contributed by atoms with Gasteiger partial charge in [-0.2, -0.15) is 0 Å². The summed E-state index contributed by atoms with van der Waals surface area (Å²) in [6.07, 6.45) is 4.96. The van der Waals surface area contributed by atoms with Crippen LogP contribution >= 0.6 is 11.3 Å². The highest BCUT2D eigenvalue weighted by Gasteiger charge is 2.09. The van der Waals surface area contributed by atoms with Gasteiger partial charge in [0.1, 0.15) is 0 Å². The number of likely N-dealkylation sites (tertiary alicyclic amines) is 1. The number of aliphatic imine (C=N–C) groups is 1. The lowest BCUT2D eigenvalue weighted by atomic mass is 10.3. The largest absolute Gasteiger partial charge is 0.357 e. The first kappa shape index (κ1) is 16.3. The summed E-state index contributed by atoms with van der Waals surface area (Å²) < 4.78 is 0. The molecular formula is C16H28N4S. The molecule has 4 nitrogen and oxygen atoms in total. The van der Waals surface area contributed by atoms with E-state index in [0.29, 0.717) is 0 Å². The minimum absolute atomic E-state index is 0.908. The molecule has 1 fully saturated rings. The van der Waals surface area contributed by atoms with E-state index < -0.39 is 0 Å². The van der Waals surface area contributed by atoms with E-state index in [0.717, 1.165) is 38.4 Å². The number of guanidine groups is 1.